The molecule has 0 aromatic carbocycles. The molecule has 3 aromatic heterocycles. The molecule has 0 bridgehead atoms. The molecule has 10 heteroatoms. The van der Waals surface area contributed by atoms with Gasteiger partial charge in [-0.05, 0) is 35.5 Å². The van der Waals surface area contributed by atoms with E-state index in [1.165, 1.54) is 11.0 Å². The van der Waals surface area contributed by atoms with E-state index in [1.54, 1.807) is 13.1 Å². The minimum atomic E-state index is -0.480. The number of nitrogens with zero attached hydrogens (tertiary/aromatic N) is 8. The number of rotatable bonds is 6. The molecule has 1 aliphatic rings. The van der Waals surface area contributed by atoms with Gasteiger partial charge in [0.2, 0.25) is 5.91 Å². The topological polar surface area (TPSA) is 105 Å². The highest BCUT2D eigenvalue weighted by molar-refractivity contribution is 5.79. The third kappa shape index (κ3) is 4.31. The van der Waals surface area contributed by atoms with Gasteiger partial charge in [-0.2, -0.15) is 0 Å². The summed E-state index contributed by atoms with van der Waals surface area (Å²) in [5.74, 6) is 1.76. The van der Waals surface area contributed by atoms with E-state index in [0.29, 0.717) is 6.54 Å². The Hall–Kier alpha value is -3.56. The summed E-state index contributed by atoms with van der Waals surface area (Å²) >= 11 is 0. The summed E-state index contributed by atoms with van der Waals surface area (Å²) < 4.78 is 1.43. The van der Waals surface area contributed by atoms with Gasteiger partial charge in [0.25, 0.3) is 0 Å². The van der Waals surface area contributed by atoms with Crippen LogP contribution >= 0.6 is 0 Å². The van der Waals surface area contributed by atoms with Crippen LogP contribution in [-0.4, -0.2) is 62.3 Å². The van der Waals surface area contributed by atoms with Crippen molar-refractivity contribution in [1.29, 1.82) is 0 Å². The first-order chi connectivity index (χ1) is 14.2. The smallest absolute Gasteiger partial charge is 0.244 e. The van der Waals surface area contributed by atoms with Crippen LogP contribution in [0.25, 0.3) is 0 Å². The predicted octanol–water partition coefficient (Wildman–Crippen LogP) is 0.667. The molecular formula is C19H23N9O. The maximum absolute atomic E-state index is 12.4. The van der Waals surface area contributed by atoms with Crippen molar-refractivity contribution in [3.63, 3.8) is 0 Å². The summed E-state index contributed by atoms with van der Waals surface area (Å²) in [5.41, 5.74) is 0.982. The van der Waals surface area contributed by atoms with Gasteiger partial charge in [-0.1, -0.05) is 12.1 Å². The minimum absolute atomic E-state index is 0.146. The zero-order valence-electron chi connectivity index (χ0n) is 16.2. The first-order valence-electron chi connectivity index (χ1n) is 9.57. The molecule has 1 aliphatic heterocycles. The lowest BCUT2D eigenvalue weighted by atomic mass is 10.2. The fourth-order valence-electron chi connectivity index (χ4n) is 3.34. The van der Waals surface area contributed by atoms with Gasteiger partial charge in [-0.25, -0.2) is 14.6 Å². The summed E-state index contributed by atoms with van der Waals surface area (Å²) in [5, 5.41) is 13.9. The van der Waals surface area contributed by atoms with E-state index in [4.69, 9.17) is 0 Å². The zero-order valence-corrected chi connectivity index (χ0v) is 16.2. The molecule has 4 heterocycles. The number of piperazine rings is 1. The number of amides is 1. The molecule has 0 radical (unpaired) electrons. The number of pyridine rings is 2. The number of aromatic nitrogens is 6. The van der Waals surface area contributed by atoms with Gasteiger partial charge >= 0.3 is 0 Å². The Labute approximate surface area is 168 Å². The van der Waals surface area contributed by atoms with Crippen LogP contribution in [0.3, 0.4) is 0 Å². The number of hydrogen-bond donors (Lipinski definition) is 1. The van der Waals surface area contributed by atoms with Crippen molar-refractivity contribution in [2.24, 2.45) is 0 Å². The van der Waals surface area contributed by atoms with Crippen LogP contribution in [-0.2, 0) is 11.3 Å². The standard InChI is InChI=1S/C19H23N9O/c1-15(28-14-23-24-25-28)19(29)22-13-16-5-4-8-21-18(16)27-11-9-26(10-12-27)17-6-2-3-7-20-17/h2-8,14-15H,9-13H2,1H3,(H,22,29)/t15-/m0/s1. The number of tetrazole rings is 1. The third-order valence-electron chi connectivity index (χ3n) is 5.01. The number of carbonyl (C=O) groups excluding carboxylic acids is 1. The van der Waals surface area contributed by atoms with E-state index in [0.717, 1.165) is 43.4 Å². The van der Waals surface area contributed by atoms with E-state index in [9.17, 15) is 4.79 Å². The molecular weight excluding hydrogens is 370 g/mol. The van der Waals surface area contributed by atoms with Crippen LogP contribution in [0.5, 0.6) is 0 Å². The van der Waals surface area contributed by atoms with Crippen molar-refractivity contribution in [1.82, 2.24) is 35.5 Å². The molecule has 1 fully saturated rings. The molecule has 1 saturated heterocycles. The molecule has 4 rings (SSSR count). The number of nitrogens with one attached hydrogen (secondary N) is 1. The lowest BCUT2D eigenvalue weighted by Crippen LogP contribution is -2.47. The molecule has 0 saturated carbocycles. The monoisotopic (exact) mass is 393 g/mol. The molecule has 1 amide bonds. The Morgan fingerprint density at radius 3 is 2.59 bits per heavy atom. The Kier molecular flexibility index (Phi) is 5.59. The Morgan fingerprint density at radius 1 is 1.07 bits per heavy atom. The lowest BCUT2D eigenvalue weighted by Gasteiger charge is -2.36. The van der Waals surface area contributed by atoms with Crippen molar-refractivity contribution >= 4 is 17.5 Å². The first-order valence-corrected chi connectivity index (χ1v) is 9.57. The van der Waals surface area contributed by atoms with Crippen LogP contribution in [0.2, 0.25) is 0 Å². The largest absolute Gasteiger partial charge is 0.353 e. The van der Waals surface area contributed by atoms with E-state index in [1.807, 2.05) is 36.5 Å². The number of carbonyl (C=O) groups is 1. The van der Waals surface area contributed by atoms with E-state index >= 15 is 0 Å². The first kappa shape index (κ1) is 18.8. The molecule has 3 aromatic rings. The normalized spacial score (nSPS) is 15.2. The van der Waals surface area contributed by atoms with Crippen molar-refractivity contribution in [2.45, 2.75) is 19.5 Å². The molecule has 29 heavy (non-hydrogen) atoms. The summed E-state index contributed by atoms with van der Waals surface area (Å²) in [6, 6.07) is 9.37. The molecule has 1 atom stereocenters. The van der Waals surface area contributed by atoms with Crippen LogP contribution in [0.4, 0.5) is 11.6 Å². The zero-order chi connectivity index (χ0) is 20.1. The van der Waals surface area contributed by atoms with Crippen LogP contribution in [0, 0.1) is 0 Å². The highest BCUT2D eigenvalue weighted by Gasteiger charge is 2.22. The number of hydrogen-bond acceptors (Lipinski definition) is 8. The quantitative estimate of drug-likeness (QED) is 0.651. The second-order valence-electron chi connectivity index (χ2n) is 6.83. The van der Waals surface area contributed by atoms with Gasteiger partial charge in [-0.3, -0.25) is 4.79 Å². The predicted molar refractivity (Wildman–Crippen MR) is 107 cm³/mol. The van der Waals surface area contributed by atoms with E-state index < -0.39 is 6.04 Å². The van der Waals surface area contributed by atoms with Gasteiger partial charge in [0.05, 0.1) is 0 Å². The van der Waals surface area contributed by atoms with Crippen LogP contribution in [0.15, 0.2) is 49.1 Å². The summed E-state index contributed by atoms with van der Waals surface area (Å²) in [4.78, 5) is 26.0. The fraction of sp³-hybridized carbons (Fsp3) is 0.368. The van der Waals surface area contributed by atoms with Crippen molar-refractivity contribution < 1.29 is 4.79 Å². The Balaban J connectivity index is 1.38. The highest BCUT2D eigenvalue weighted by atomic mass is 16.2. The second kappa shape index (κ2) is 8.63. The lowest BCUT2D eigenvalue weighted by molar-refractivity contribution is -0.124. The average Bonchev–Trinajstić information content (AvgIpc) is 3.33. The van der Waals surface area contributed by atoms with E-state index in [-0.39, 0.29) is 5.91 Å². The average molecular weight is 393 g/mol. The third-order valence-corrected chi connectivity index (χ3v) is 5.01. The van der Waals surface area contributed by atoms with Gasteiger partial charge < -0.3 is 15.1 Å². The van der Waals surface area contributed by atoms with Crippen molar-refractivity contribution in [3.8, 4) is 0 Å². The van der Waals surface area contributed by atoms with Gasteiger partial charge in [0, 0.05) is 50.7 Å². The molecule has 0 unspecified atom stereocenters. The summed E-state index contributed by atoms with van der Waals surface area (Å²) in [7, 11) is 0. The molecule has 10 nitrogen and oxygen atoms in total. The Morgan fingerprint density at radius 2 is 1.86 bits per heavy atom. The maximum atomic E-state index is 12.4. The molecule has 150 valence electrons. The maximum Gasteiger partial charge on any atom is 0.244 e. The summed E-state index contributed by atoms with van der Waals surface area (Å²) in [6.45, 7) is 5.58. The second-order valence-corrected chi connectivity index (χ2v) is 6.83. The van der Waals surface area contributed by atoms with Crippen molar-refractivity contribution in [3.05, 3.63) is 54.6 Å². The van der Waals surface area contributed by atoms with Gasteiger partial charge in [-0.15, -0.1) is 5.10 Å². The van der Waals surface area contributed by atoms with Gasteiger partial charge in [0.15, 0.2) is 0 Å². The molecule has 0 spiro atoms. The van der Waals surface area contributed by atoms with Crippen LogP contribution in [0.1, 0.15) is 18.5 Å². The summed E-state index contributed by atoms with van der Waals surface area (Å²) in [6.07, 6.45) is 5.04. The number of anilines is 2. The highest BCUT2D eigenvalue weighted by Crippen LogP contribution is 2.21. The SMILES string of the molecule is C[C@@H](C(=O)NCc1cccnc1N1CCN(c2ccccn2)CC1)n1cnnn1. The molecule has 0 aliphatic carbocycles. The van der Waals surface area contributed by atoms with Crippen LogP contribution < -0.4 is 15.1 Å². The fourth-order valence-corrected chi connectivity index (χ4v) is 3.34. The van der Waals surface area contributed by atoms with Crippen molar-refractivity contribution in [2.75, 3.05) is 36.0 Å². The minimum Gasteiger partial charge on any atom is -0.353 e. The van der Waals surface area contributed by atoms with Gasteiger partial charge in [0.1, 0.15) is 24.0 Å². The van der Waals surface area contributed by atoms with E-state index in [2.05, 4.69) is 40.6 Å². The Bertz CT molecular complexity index is 924. The molecule has 1 N–H and O–H groups in total.